The summed E-state index contributed by atoms with van der Waals surface area (Å²) in [4.78, 5) is 6.08. The summed E-state index contributed by atoms with van der Waals surface area (Å²) in [7, 11) is -3.85. The first-order chi connectivity index (χ1) is 9.53. The van der Waals surface area contributed by atoms with Gasteiger partial charge in [0, 0.05) is 0 Å². The van der Waals surface area contributed by atoms with Crippen molar-refractivity contribution in [2.75, 3.05) is 11.3 Å². The van der Waals surface area contributed by atoms with Crippen LogP contribution in [0.3, 0.4) is 0 Å². The molecule has 104 valence electrons. The number of hydrogen-bond acceptors (Lipinski definition) is 4. The van der Waals surface area contributed by atoms with E-state index in [-0.39, 0.29) is 16.3 Å². The summed E-state index contributed by atoms with van der Waals surface area (Å²) in [5.74, 6) is 4.26. The molecule has 0 fully saturated rings. The molecule has 0 spiro atoms. The van der Waals surface area contributed by atoms with E-state index in [4.69, 9.17) is 5.11 Å². The summed E-state index contributed by atoms with van der Waals surface area (Å²) >= 11 is 0. The Kier molecular flexibility index (Phi) is 4.02. The first-order valence-electron chi connectivity index (χ1n) is 5.43. The Morgan fingerprint density at radius 1 is 1.45 bits per heavy atom. The Labute approximate surface area is 114 Å². The number of aliphatic hydroxyl groups is 1. The third kappa shape index (κ3) is 3.14. The number of aromatic amines is 1. The van der Waals surface area contributed by atoms with Crippen LogP contribution in [0.5, 0.6) is 0 Å². The minimum Gasteiger partial charge on any atom is -0.384 e. The second-order valence-corrected chi connectivity index (χ2v) is 5.32. The number of sulfonamides is 1. The SMILES string of the molecule is O=S(=O)(Nc1ccc(F)cc1C#CCO)c1cnc[nH]1. The number of rotatable bonds is 3. The Morgan fingerprint density at radius 2 is 2.25 bits per heavy atom. The topological polar surface area (TPSA) is 95.1 Å². The molecule has 0 bridgehead atoms. The maximum Gasteiger partial charge on any atom is 0.279 e. The Hall–Kier alpha value is -2.37. The van der Waals surface area contributed by atoms with Gasteiger partial charge >= 0.3 is 0 Å². The number of nitrogens with zero attached hydrogens (tertiary/aromatic N) is 1. The van der Waals surface area contributed by atoms with E-state index >= 15 is 0 Å². The molecule has 0 unspecified atom stereocenters. The van der Waals surface area contributed by atoms with Crippen LogP contribution in [-0.2, 0) is 10.0 Å². The van der Waals surface area contributed by atoms with E-state index in [1.807, 2.05) is 0 Å². The number of hydrogen-bond donors (Lipinski definition) is 3. The minimum absolute atomic E-state index is 0.113. The lowest BCUT2D eigenvalue weighted by atomic mass is 10.2. The smallest absolute Gasteiger partial charge is 0.279 e. The second kappa shape index (κ2) is 5.73. The number of halogens is 1. The van der Waals surface area contributed by atoms with E-state index < -0.39 is 22.4 Å². The molecular weight excluding hydrogens is 285 g/mol. The first-order valence-corrected chi connectivity index (χ1v) is 6.92. The molecule has 1 aromatic heterocycles. The molecule has 0 saturated heterocycles. The highest BCUT2D eigenvalue weighted by atomic mass is 32.2. The normalized spacial score (nSPS) is 10.7. The van der Waals surface area contributed by atoms with Crippen LogP contribution in [0, 0.1) is 17.7 Å². The highest BCUT2D eigenvalue weighted by Crippen LogP contribution is 2.19. The van der Waals surface area contributed by atoms with Crippen molar-refractivity contribution in [1.29, 1.82) is 0 Å². The van der Waals surface area contributed by atoms with Crippen LogP contribution in [0.1, 0.15) is 5.56 Å². The maximum atomic E-state index is 13.2. The highest BCUT2D eigenvalue weighted by Gasteiger charge is 2.17. The van der Waals surface area contributed by atoms with E-state index in [1.165, 1.54) is 12.4 Å². The fourth-order valence-corrected chi connectivity index (χ4v) is 2.42. The molecule has 0 aliphatic heterocycles. The molecule has 1 heterocycles. The molecule has 0 aliphatic rings. The lowest BCUT2D eigenvalue weighted by Gasteiger charge is -2.08. The summed E-state index contributed by atoms with van der Waals surface area (Å²) in [5, 5.41) is 8.53. The lowest BCUT2D eigenvalue weighted by molar-refractivity contribution is 0.350. The van der Waals surface area contributed by atoms with Crippen LogP contribution in [0.2, 0.25) is 0 Å². The highest BCUT2D eigenvalue weighted by molar-refractivity contribution is 7.92. The molecule has 1 aromatic carbocycles. The molecule has 2 rings (SSSR count). The third-order valence-electron chi connectivity index (χ3n) is 2.29. The van der Waals surface area contributed by atoms with Crippen molar-refractivity contribution in [1.82, 2.24) is 9.97 Å². The van der Waals surface area contributed by atoms with Crippen molar-refractivity contribution < 1.29 is 17.9 Å². The van der Waals surface area contributed by atoms with E-state index in [2.05, 4.69) is 26.5 Å². The van der Waals surface area contributed by atoms with Crippen molar-refractivity contribution in [3.05, 3.63) is 42.1 Å². The van der Waals surface area contributed by atoms with Crippen LogP contribution in [0.15, 0.2) is 35.7 Å². The van der Waals surface area contributed by atoms with Crippen LogP contribution >= 0.6 is 0 Å². The van der Waals surface area contributed by atoms with Gasteiger partial charge in [-0.3, -0.25) is 4.72 Å². The van der Waals surface area contributed by atoms with Crippen molar-refractivity contribution in [3.8, 4) is 11.8 Å². The van der Waals surface area contributed by atoms with Gasteiger partial charge in [-0.15, -0.1) is 0 Å². The predicted molar refractivity (Wildman–Crippen MR) is 69.8 cm³/mol. The molecule has 0 aliphatic carbocycles. The van der Waals surface area contributed by atoms with E-state index in [0.717, 1.165) is 18.3 Å². The van der Waals surface area contributed by atoms with Gasteiger partial charge in [-0.2, -0.15) is 8.42 Å². The molecule has 2 aromatic rings. The van der Waals surface area contributed by atoms with Crippen molar-refractivity contribution in [2.45, 2.75) is 5.03 Å². The van der Waals surface area contributed by atoms with E-state index in [0.29, 0.717) is 0 Å². The fraction of sp³-hybridized carbons (Fsp3) is 0.0833. The standard InChI is InChI=1S/C12H10FN3O3S/c13-10-3-4-11(9(6-10)2-1-5-17)16-20(18,19)12-7-14-8-15-12/h3-4,6-8,16-17H,5H2,(H,14,15). The largest absolute Gasteiger partial charge is 0.384 e. The zero-order valence-corrected chi connectivity index (χ0v) is 10.9. The van der Waals surface area contributed by atoms with Gasteiger partial charge in [-0.25, -0.2) is 9.37 Å². The van der Waals surface area contributed by atoms with Crippen molar-refractivity contribution in [3.63, 3.8) is 0 Å². The van der Waals surface area contributed by atoms with E-state index in [9.17, 15) is 12.8 Å². The van der Waals surface area contributed by atoms with Gasteiger partial charge in [0.15, 0.2) is 5.03 Å². The van der Waals surface area contributed by atoms with Gasteiger partial charge in [0.25, 0.3) is 10.0 Å². The average molecular weight is 295 g/mol. The summed E-state index contributed by atoms with van der Waals surface area (Å²) in [6.07, 6.45) is 2.37. The third-order valence-corrected chi connectivity index (χ3v) is 3.58. The lowest BCUT2D eigenvalue weighted by Crippen LogP contribution is -2.14. The quantitative estimate of drug-likeness (QED) is 0.726. The number of aromatic nitrogens is 2. The number of aliphatic hydroxyl groups excluding tert-OH is 1. The molecule has 3 N–H and O–H groups in total. The van der Waals surface area contributed by atoms with Gasteiger partial charge in [0.1, 0.15) is 12.4 Å². The van der Waals surface area contributed by atoms with Gasteiger partial charge in [-0.1, -0.05) is 11.8 Å². The van der Waals surface area contributed by atoms with Gasteiger partial charge in [0.2, 0.25) is 0 Å². The van der Waals surface area contributed by atoms with Crippen molar-refractivity contribution >= 4 is 15.7 Å². The molecule has 6 nitrogen and oxygen atoms in total. The zero-order valence-electron chi connectivity index (χ0n) is 10.1. The predicted octanol–water partition coefficient (Wildman–Crippen LogP) is 0.693. The van der Waals surface area contributed by atoms with Gasteiger partial charge in [0.05, 0.1) is 23.8 Å². The van der Waals surface area contributed by atoms with Gasteiger partial charge < -0.3 is 10.1 Å². The average Bonchev–Trinajstić information content (AvgIpc) is 2.93. The number of anilines is 1. The summed E-state index contributed by atoms with van der Waals surface area (Å²) in [6, 6.07) is 3.44. The molecule has 20 heavy (non-hydrogen) atoms. The van der Waals surface area contributed by atoms with Crippen LogP contribution in [0.4, 0.5) is 10.1 Å². The monoisotopic (exact) mass is 295 g/mol. The van der Waals surface area contributed by atoms with E-state index in [1.54, 1.807) is 0 Å². The summed E-state index contributed by atoms with van der Waals surface area (Å²) < 4.78 is 39.4. The summed E-state index contributed by atoms with van der Waals surface area (Å²) in [5.41, 5.74) is 0.240. The zero-order chi connectivity index (χ0) is 14.6. The van der Waals surface area contributed by atoms with Crippen LogP contribution in [-0.4, -0.2) is 30.1 Å². The molecule has 0 radical (unpaired) electrons. The molecule has 0 atom stereocenters. The number of H-pyrrole nitrogens is 1. The number of nitrogens with one attached hydrogen (secondary N) is 2. The number of benzene rings is 1. The Bertz CT molecular complexity index is 761. The maximum absolute atomic E-state index is 13.2. The first kappa shape index (κ1) is 14.0. The molecule has 0 saturated carbocycles. The molecule has 8 heteroatoms. The van der Waals surface area contributed by atoms with Gasteiger partial charge in [-0.05, 0) is 18.2 Å². The molecular formula is C12H10FN3O3S. The van der Waals surface area contributed by atoms with Crippen molar-refractivity contribution in [2.24, 2.45) is 0 Å². The van der Waals surface area contributed by atoms with Crippen LogP contribution < -0.4 is 4.72 Å². The minimum atomic E-state index is -3.85. The second-order valence-electron chi connectivity index (χ2n) is 3.67. The fourth-order valence-electron chi connectivity index (χ4n) is 1.43. The Morgan fingerprint density at radius 3 is 2.90 bits per heavy atom. The Balaban J connectivity index is 2.39. The summed E-state index contributed by atoms with van der Waals surface area (Å²) in [6.45, 7) is -0.413. The van der Waals surface area contributed by atoms with Crippen LogP contribution in [0.25, 0.3) is 0 Å². The molecule has 0 amide bonds. The number of imidazole rings is 1.